The third-order valence-corrected chi connectivity index (χ3v) is 5.32. The number of unbranched alkanes of at least 4 members (excludes halogenated alkanes) is 4. The number of aliphatic imine (C=N–C) groups is 1. The van der Waals surface area contributed by atoms with E-state index in [0.29, 0.717) is 12.1 Å². The number of aromatic amines is 1. The zero-order valence-corrected chi connectivity index (χ0v) is 16.2. The van der Waals surface area contributed by atoms with Gasteiger partial charge in [-0.05, 0) is 18.6 Å². The van der Waals surface area contributed by atoms with Crippen LogP contribution in [0.2, 0.25) is 0 Å². The van der Waals surface area contributed by atoms with Crippen molar-refractivity contribution in [1.82, 2.24) is 14.8 Å². The average molecular weight is 410 g/mol. The molecule has 0 aliphatic carbocycles. The number of rotatable bonds is 8. The Kier molecular flexibility index (Phi) is 6.33. The molecule has 0 radical (unpaired) electrons. The number of H-pyrrole nitrogens is 1. The molecule has 0 unspecified atom stereocenters. The zero-order valence-electron chi connectivity index (χ0n) is 15.4. The molecule has 3 aromatic rings. The maximum absolute atomic E-state index is 13.4. The van der Waals surface area contributed by atoms with E-state index in [1.807, 2.05) is 6.07 Å². The third-order valence-electron chi connectivity index (χ3n) is 4.29. The Morgan fingerprint density at radius 3 is 2.68 bits per heavy atom. The van der Waals surface area contributed by atoms with Gasteiger partial charge in [-0.1, -0.05) is 56.1 Å². The molecule has 2 heterocycles. The van der Waals surface area contributed by atoms with E-state index in [2.05, 4.69) is 22.0 Å². The van der Waals surface area contributed by atoms with E-state index in [-0.39, 0.29) is 5.13 Å². The van der Waals surface area contributed by atoms with Crippen LogP contribution in [0.3, 0.4) is 0 Å². The maximum Gasteiger partial charge on any atom is 0.433 e. The van der Waals surface area contributed by atoms with Crippen LogP contribution in [0.4, 0.5) is 13.2 Å². The van der Waals surface area contributed by atoms with Gasteiger partial charge >= 0.3 is 6.18 Å². The second-order valence-electron chi connectivity index (χ2n) is 6.45. The lowest BCUT2D eigenvalue weighted by Crippen LogP contribution is -2.17. The number of fused-ring (bicyclic) bond motifs is 1. The van der Waals surface area contributed by atoms with Gasteiger partial charge < -0.3 is 0 Å². The molecule has 9 heteroatoms. The summed E-state index contributed by atoms with van der Waals surface area (Å²) in [7, 11) is 0. The lowest BCUT2D eigenvalue weighted by Gasteiger charge is -2.03. The van der Waals surface area contributed by atoms with Gasteiger partial charge in [0.1, 0.15) is 0 Å². The molecule has 0 atom stereocenters. The highest BCUT2D eigenvalue weighted by Gasteiger charge is 2.38. The molecule has 0 saturated carbocycles. The van der Waals surface area contributed by atoms with Crippen LogP contribution in [0.1, 0.15) is 50.3 Å². The Bertz CT molecular complexity index is 983. The molecule has 28 heavy (non-hydrogen) atoms. The fraction of sp³-hybridized carbons (Fsp3) is 0.421. The zero-order chi connectivity index (χ0) is 20.1. The summed E-state index contributed by atoms with van der Waals surface area (Å²) < 4.78 is 41.9. The van der Waals surface area contributed by atoms with Gasteiger partial charge in [0.25, 0.3) is 5.56 Å². The number of hydrogen-bond acceptors (Lipinski definition) is 4. The van der Waals surface area contributed by atoms with Crippen molar-refractivity contribution in [3.8, 4) is 5.13 Å². The first-order valence-electron chi connectivity index (χ1n) is 9.19. The van der Waals surface area contributed by atoms with E-state index in [1.165, 1.54) is 0 Å². The van der Waals surface area contributed by atoms with Crippen LogP contribution in [0.25, 0.3) is 15.3 Å². The first-order chi connectivity index (χ1) is 13.4. The molecule has 2 aromatic heterocycles. The molecule has 1 N–H and O–H groups in total. The Morgan fingerprint density at radius 2 is 1.96 bits per heavy atom. The average Bonchev–Trinajstić information content (AvgIpc) is 3.22. The van der Waals surface area contributed by atoms with Crippen LogP contribution in [0.15, 0.2) is 34.1 Å². The Morgan fingerprint density at radius 1 is 1.21 bits per heavy atom. The number of nitrogens with zero attached hydrogens (tertiary/aromatic N) is 3. The Hall–Kier alpha value is -2.42. The number of hydrogen-bond donors (Lipinski definition) is 1. The highest BCUT2D eigenvalue weighted by Crippen LogP contribution is 2.30. The number of para-hydroxylation sites is 1. The van der Waals surface area contributed by atoms with Crippen molar-refractivity contribution in [3.05, 3.63) is 45.9 Å². The largest absolute Gasteiger partial charge is 0.433 e. The van der Waals surface area contributed by atoms with Crippen LogP contribution < -0.4 is 5.56 Å². The van der Waals surface area contributed by atoms with Crippen LogP contribution >= 0.6 is 11.3 Å². The van der Waals surface area contributed by atoms with Crippen molar-refractivity contribution in [2.24, 2.45) is 4.99 Å². The molecule has 0 fully saturated rings. The summed E-state index contributed by atoms with van der Waals surface area (Å²) in [6.45, 7) is 2.51. The minimum Gasteiger partial charge on any atom is -0.292 e. The number of halogens is 3. The topological polar surface area (TPSA) is 63.0 Å². The Labute approximate surface area is 163 Å². The second kappa shape index (κ2) is 8.72. The van der Waals surface area contributed by atoms with Gasteiger partial charge in [0, 0.05) is 12.8 Å². The van der Waals surface area contributed by atoms with E-state index < -0.39 is 23.0 Å². The molecule has 150 valence electrons. The molecular weight excluding hydrogens is 389 g/mol. The van der Waals surface area contributed by atoms with Crippen molar-refractivity contribution in [3.63, 3.8) is 0 Å². The van der Waals surface area contributed by atoms with Crippen molar-refractivity contribution < 1.29 is 13.2 Å². The molecule has 0 bridgehead atoms. The SMILES string of the molecule is CCCCCCCN=Cc1c(C(F)(F)F)[nH]n(-c2nc3ccccc3s2)c1=O. The summed E-state index contributed by atoms with van der Waals surface area (Å²) in [6, 6.07) is 7.13. The predicted octanol–water partition coefficient (Wildman–Crippen LogP) is 5.18. The van der Waals surface area contributed by atoms with E-state index in [9.17, 15) is 18.0 Å². The van der Waals surface area contributed by atoms with Gasteiger partial charge in [-0.25, -0.2) is 4.98 Å². The van der Waals surface area contributed by atoms with Gasteiger partial charge in [0.05, 0.1) is 15.8 Å². The summed E-state index contributed by atoms with van der Waals surface area (Å²) in [4.78, 5) is 20.9. The lowest BCUT2D eigenvalue weighted by molar-refractivity contribution is -0.141. The number of aromatic nitrogens is 3. The number of nitrogens with one attached hydrogen (secondary N) is 1. The van der Waals surface area contributed by atoms with Crippen molar-refractivity contribution in [2.45, 2.75) is 45.2 Å². The van der Waals surface area contributed by atoms with Crippen molar-refractivity contribution in [1.29, 1.82) is 0 Å². The van der Waals surface area contributed by atoms with Crippen molar-refractivity contribution >= 4 is 27.8 Å². The molecule has 3 rings (SSSR count). The molecule has 0 saturated heterocycles. The molecule has 0 amide bonds. The minimum absolute atomic E-state index is 0.163. The summed E-state index contributed by atoms with van der Waals surface area (Å²) in [5.41, 5.74) is -1.77. The number of benzene rings is 1. The lowest BCUT2D eigenvalue weighted by atomic mass is 10.1. The standard InChI is InChI=1S/C19H21F3N4OS/c1-2-3-4-5-8-11-23-12-13-16(19(20,21)22)25-26(17(13)27)18-24-14-9-6-7-10-15(14)28-18/h6-7,9-10,12,25H,2-5,8,11H2,1H3. The molecule has 1 aromatic carbocycles. The fourth-order valence-corrected chi connectivity index (χ4v) is 3.76. The van der Waals surface area contributed by atoms with E-state index in [0.717, 1.165) is 59.0 Å². The molecule has 0 aliphatic heterocycles. The second-order valence-corrected chi connectivity index (χ2v) is 7.46. The summed E-state index contributed by atoms with van der Waals surface area (Å²) in [5, 5.41) is 2.33. The van der Waals surface area contributed by atoms with Gasteiger partial charge in [-0.15, -0.1) is 0 Å². The van der Waals surface area contributed by atoms with Crippen LogP contribution in [0.5, 0.6) is 0 Å². The molecule has 0 aliphatic rings. The summed E-state index contributed by atoms with van der Waals surface area (Å²) in [6.07, 6.45) is 1.43. The van der Waals surface area contributed by atoms with Gasteiger partial charge in [0.2, 0.25) is 5.13 Å². The third kappa shape index (κ3) is 4.52. The monoisotopic (exact) mass is 410 g/mol. The van der Waals surface area contributed by atoms with Gasteiger partial charge in [0.15, 0.2) is 5.69 Å². The van der Waals surface area contributed by atoms with E-state index >= 15 is 0 Å². The normalized spacial score (nSPS) is 12.4. The minimum atomic E-state index is -4.69. The van der Waals surface area contributed by atoms with Crippen LogP contribution in [-0.2, 0) is 6.18 Å². The first kappa shape index (κ1) is 20.3. The highest BCUT2D eigenvalue weighted by atomic mass is 32.1. The molecule has 5 nitrogen and oxygen atoms in total. The quantitative estimate of drug-likeness (QED) is 0.411. The van der Waals surface area contributed by atoms with Gasteiger partial charge in [-0.3, -0.25) is 14.9 Å². The maximum atomic E-state index is 13.4. The van der Waals surface area contributed by atoms with Crippen LogP contribution in [-0.4, -0.2) is 27.5 Å². The molecular formula is C19H21F3N4OS. The summed E-state index contributed by atoms with van der Waals surface area (Å²) >= 11 is 1.15. The molecule has 0 spiro atoms. The smallest absolute Gasteiger partial charge is 0.292 e. The number of thiazole rings is 1. The summed E-state index contributed by atoms with van der Waals surface area (Å²) in [5.74, 6) is 0. The predicted molar refractivity (Wildman–Crippen MR) is 106 cm³/mol. The number of alkyl halides is 3. The fourth-order valence-electron chi connectivity index (χ4n) is 2.84. The van der Waals surface area contributed by atoms with Crippen molar-refractivity contribution in [2.75, 3.05) is 6.54 Å². The first-order valence-corrected chi connectivity index (χ1v) is 10.0. The van der Waals surface area contributed by atoms with Gasteiger partial charge in [-0.2, -0.15) is 17.9 Å². The van der Waals surface area contributed by atoms with E-state index in [4.69, 9.17) is 0 Å². The van der Waals surface area contributed by atoms with Crippen LogP contribution in [0, 0.1) is 0 Å². The Balaban J connectivity index is 1.88. The highest BCUT2D eigenvalue weighted by molar-refractivity contribution is 7.20. The van der Waals surface area contributed by atoms with E-state index in [1.54, 1.807) is 18.2 Å².